The van der Waals surface area contributed by atoms with Gasteiger partial charge in [-0.25, -0.2) is 9.78 Å². The van der Waals surface area contributed by atoms with Crippen molar-refractivity contribution in [3.8, 4) is 0 Å². The molecule has 1 aliphatic heterocycles. The molecule has 0 aromatic carbocycles. The Labute approximate surface area is 124 Å². The van der Waals surface area contributed by atoms with E-state index in [0.717, 1.165) is 11.8 Å². The Morgan fingerprint density at radius 1 is 1.36 bits per heavy atom. The van der Waals surface area contributed by atoms with Crippen LogP contribution < -0.4 is 11.2 Å². The summed E-state index contributed by atoms with van der Waals surface area (Å²) in [7, 11) is 0. The first-order valence-corrected chi connectivity index (χ1v) is 6.78. The SMILES string of the molecule is Cc1cnc([C@@H]2COCCN2C(=O)c2cc(=O)[nH]c(=O)[nH]2)[nH]1. The molecule has 1 amide bonds. The first-order valence-electron chi connectivity index (χ1n) is 6.78. The van der Waals surface area contributed by atoms with Gasteiger partial charge in [0.15, 0.2) is 0 Å². The topological polar surface area (TPSA) is 124 Å². The van der Waals surface area contributed by atoms with E-state index in [1.807, 2.05) is 11.9 Å². The van der Waals surface area contributed by atoms with Crippen molar-refractivity contribution in [2.45, 2.75) is 13.0 Å². The largest absolute Gasteiger partial charge is 0.377 e. The zero-order chi connectivity index (χ0) is 15.7. The van der Waals surface area contributed by atoms with Crippen LogP contribution in [0.2, 0.25) is 0 Å². The number of morpholine rings is 1. The highest BCUT2D eigenvalue weighted by atomic mass is 16.5. The number of carbonyl (C=O) groups is 1. The maximum absolute atomic E-state index is 12.6. The second-order valence-corrected chi connectivity index (χ2v) is 5.04. The molecule has 9 heteroatoms. The second-order valence-electron chi connectivity index (χ2n) is 5.04. The molecular weight excluding hydrogens is 290 g/mol. The molecule has 2 aromatic heterocycles. The number of aromatic nitrogens is 4. The molecule has 1 aliphatic rings. The van der Waals surface area contributed by atoms with Crippen LogP contribution in [0.3, 0.4) is 0 Å². The maximum atomic E-state index is 12.6. The van der Waals surface area contributed by atoms with Crippen molar-refractivity contribution in [2.75, 3.05) is 19.8 Å². The van der Waals surface area contributed by atoms with Gasteiger partial charge in [-0.1, -0.05) is 0 Å². The monoisotopic (exact) mass is 305 g/mol. The molecule has 0 saturated carbocycles. The molecule has 22 heavy (non-hydrogen) atoms. The van der Waals surface area contributed by atoms with Crippen LogP contribution in [0.1, 0.15) is 28.0 Å². The summed E-state index contributed by atoms with van der Waals surface area (Å²) in [6.07, 6.45) is 1.67. The number of carbonyl (C=O) groups excluding carboxylic acids is 1. The molecule has 2 aromatic rings. The molecule has 0 aliphatic carbocycles. The summed E-state index contributed by atoms with van der Waals surface area (Å²) < 4.78 is 5.42. The summed E-state index contributed by atoms with van der Waals surface area (Å²) in [5, 5.41) is 0. The molecule has 0 unspecified atom stereocenters. The van der Waals surface area contributed by atoms with Gasteiger partial charge in [-0.15, -0.1) is 0 Å². The Kier molecular flexibility index (Phi) is 3.63. The van der Waals surface area contributed by atoms with Crippen molar-refractivity contribution in [3.05, 3.63) is 50.3 Å². The van der Waals surface area contributed by atoms with Crippen molar-refractivity contribution >= 4 is 5.91 Å². The van der Waals surface area contributed by atoms with Crippen LogP contribution in [0.5, 0.6) is 0 Å². The Morgan fingerprint density at radius 3 is 2.86 bits per heavy atom. The Morgan fingerprint density at radius 2 is 2.18 bits per heavy atom. The molecule has 3 rings (SSSR count). The van der Waals surface area contributed by atoms with Crippen LogP contribution in [-0.2, 0) is 4.74 Å². The van der Waals surface area contributed by atoms with Crippen molar-refractivity contribution in [1.82, 2.24) is 24.8 Å². The second kappa shape index (κ2) is 5.60. The van der Waals surface area contributed by atoms with E-state index in [1.54, 1.807) is 6.20 Å². The third kappa shape index (κ3) is 2.70. The van der Waals surface area contributed by atoms with Crippen LogP contribution >= 0.6 is 0 Å². The number of aryl methyl sites for hydroxylation is 1. The van der Waals surface area contributed by atoms with Gasteiger partial charge >= 0.3 is 5.69 Å². The Bertz CT molecular complexity index is 777. The van der Waals surface area contributed by atoms with Crippen LogP contribution in [0.25, 0.3) is 0 Å². The summed E-state index contributed by atoms with van der Waals surface area (Å²) >= 11 is 0. The minimum Gasteiger partial charge on any atom is -0.377 e. The average Bonchev–Trinajstić information content (AvgIpc) is 2.92. The molecular formula is C13H15N5O4. The van der Waals surface area contributed by atoms with E-state index in [-0.39, 0.29) is 5.69 Å². The molecule has 0 bridgehead atoms. The standard InChI is InChI=1S/C13H15N5O4/c1-7-5-14-11(15-7)9-6-22-3-2-18(9)12(20)8-4-10(19)17-13(21)16-8/h4-5,9H,2-3,6H2,1H3,(H,14,15)(H2,16,17,19,21)/t9-/m0/s1. The van der Waals surface area contributed by atoms with Gasteiger partial charge in [0.2, 0.25) is 0 Å². The van der Waals surface area contributed by atoms with E-state index in [1.165, 1.54) is 4.90 Å². The molecule has 116 valence electrons. The van der Waals surface area contributed by atoms with E-state index in [4.69, 9.17) is 4.74 Å². The number of H-pyrrole nitrogens is 3. The molecule has 3 heterocycles. The predicted molar refractivity (Wildman–Crippen MR) is 75.6 cm³/mol. The highest BCUT2D eigenvalue weighted by Gasteiger charge is 2.31. The van der Waals surface area contributed by atoms with Gasteiger partial charge in [-0.05, 0) is 6.92 Å². The predicted octanol–water partition coefficient (Wildman–Crippen LogP) is -0.692. The summed E-state index contributed by atoms with van der Waals surface area (Å²) in [5.41, 5.74) is -0.512. The van der Waals surface area contributed by atoms with Crippen LogP contribution in [-0.4, -0.2) is 50.5 Å². The fraction of sp³-hybridized carbons (Fsp3) is 0.385. The summed E-state index contributed by atoms with van der Waals surface area (Å²) in [4.78, 5) is 48.5. The highest BCUT2D eigenvalue weighted by Crippen LogP contribution is 2.23. The molecule has 1 saturated heterocycles. The van der Waals surface area contributed by atoms with E-state index in [9.17, 15) is 14.4 Å². The van der Waals surface area contributed by atoms with Gasteiger partial charge in [-0.2, -0.15) is 0 Å². The molecule has 1 fully saturated rings. The maximum Gasteiger partial charge on any atom is 0.326 e. The number of rotatable bonds is 2. The zero-order valence-electron chi connectivity index (χ0n) is 11.9. The number of imidazole rings is 1. The number of aromatic amines is 3. The van der Waals surface area contributed by atoms with Gasteiger partial charge in [0.05, 0.1) is 13.2 Å². The van der Waals surface area contributed by atoms with Crippen LogP contribution in [0, 0.1) is 6.92 Å². The zero-order valence-corrected chi connectivity index (χ0v) is 11.9. The van der Waals surface area contributed by atoms with Crippen molar-refractivity contribution in [3.63, 3.8) is 0 Å². The quantitative estimate of drug-likeness (QED) is 0.677. The number of ether oxygens (including phenoxy) is 1. The molecule has 0 spiro atoms. The minimum absolute atomic E-state index is 0.0519. The Balaban J connectivity index is 1.94. The van der Waals surface area contributed by atoms with Crippen molar-refractivity contribution in [1.29, 1.82) is 0 Å². The van der Waals surface area contributed by atoms with Gasteiger partial charge in [-0.3, -0.25) is 14.6 Å². The fourth-order valence-electron chi connectivity index (χ4n) is 2.41. The lowest BCUT2D eigenvalue weighted by molar-refractivity contribution is -0.00535. The lowest BCUT2D eigenvalue weighted by Gasteiger charge is -2.34. The van der Waals surface area contributed by atoms with Gasteiger partial charge in [0, 0.05) is 24.5 Å². The number of nitrogens with one attached hydrogen (secondary N) is 3. The van der Waals surface area contributed by atoms with Crippen LogP contribution in [0.4, 0.5) is 0 Å². The normalized spacial score (nSPS) is 18.4. The Hall–Kier alpha value is -2.68. The third-order valence-corrected chi connectivity index (χ3v) is 3.42. The summed E-state index contributed by atoms with van der Waals surface area (Å²) in [6, 6.07) is 0.682. The highest BCUT2D eigenvalue weighted by molar-refractivity contribution is 5.92. The lowest BCUT2D eigenvalue weighted by Crippen LogP contribution is -2.45. The van der Waals surface area contributed by atoms with Gasteiger partial charge in [0.1, 0.15) is 17.6 Å². The number of amides is 1. The first-order chi connectivity index (χ1) is 10.5. The van der Waals surface area contributed by atoms with E-state index >= 15 is 0 Å². The number of nitrogens with zero attached hydrogens (tertiary/aromatic N) is 2. The summed E-state index contributed by atoms with van der Waals surface area (Å²) in [5.74, 6) is 0.170. The van der Waals surface area contributed by atoms with Crippen molar-refractivity contribution < 1.29 is 9.53 Å². The van der Waals surface area contributed by atoms with Crippen LogP contribution in [0.15, 0.2) is 21.9 Å². The van der Waals surface area contributed by atoms with E-state index in [0.29, 0.717) is 25.6 Å². The minimum atomic E-state index is -0.713. The molecule has 1 atom stereocenters. The number of hydrogen-bond acceptors (Lipinski definition) is 5. The average molecular weight is 305 g/mol. The first kappa shape index (κ1) is 14.3. The van der Waals surface area contributed by atoms with Gasteiger partial charge in [0.25, 0.3) is 11.5 Å². The van der Waals surface area contributed by atoms with E-state index in [2.05, 4.69) is 15.0 Å². The smallest absolute Gasteiger partial charge is 0.326 e. The lowest BCUT2D eigenvalue weighted by atomic mass is 10.2. The van der Waals surface area contributed by atoms with Gasteiger partial charge < -0.3 is 19.6 Å². The molecule has 9 nitrogen and oxygen atoms in total. The third-order valence-electron chi connectivity index (χ3n) is 3.42. The van der Waals surface area contributed by atoms with Crippen molar-refractivity contribution in [2.24, 2.45) is 0 Å². The number of hydrogen-bond donors (Lipinski definition) is 3. The van der Waals surface area contributed by atoms with E-state index < -0.39 is 23.2 Å². The molecule has 3 N–H and O–H groups in total. The fourth-order valence-corrected chi connectivity index (χ4v) is 2.41. The molecule has 0 radical (unpaired) electrons. The summed E-state index contributed by atoms with van der Waals surface area (Å²) in [6.45, 7) is 2.89.